The zero-order chi connectivity index (χ0) is 22.1. The third-order valence-corrected chi connectivity index (χ3v) is 7.13. The fourth-order valence-electron chi connectivity index (χ4n) is 4.39. The van der Waals surface area contributed by atoms with Gasteiger partial charge < -0.3 is 9.32 Å². The van der Waals surface area contributed by atoms with Gasteiger partial charge in [0.2, 0.25) is 0 Å². The van der Waals surface area contributed by atoms with Crippen molar-refractivity contribution < 1.29 is 14.0 Å². The second-order valence-corrected chi connectivity index (χ2v) is 9.17. The molecule has 1 aliphatic rings. The van der Waals surface area contributed by atoms with E-state index in [2.05, 4.69) is 4.98 Å². The molecule has 1 unspecified atom stereocenters. The molecule has 2 heterocycles. The number of benzene rings is 2. The number of nitrogens with zero attached hydrogens (tertiary/aromatic N) is 2. The van der Waals surface area contributed by atoms with E-state index >= 15 is 0 Å². The monoisotopic (exact) mass is 444 g/mol. The number of thiazole rings is 1. The van der Waals surface area contributed by atoms with Gasteiger partial charge in [-0.2, -0.15) is 0 Å². The number of ketones is 1. The Kier molecular flexibility index (Phi) is 5.62. The lowest BCUT2D eigenvalue weighted by molar-refractivity contribution is 0.0688. The molecule has 0 N–H and O–H groups in total. The molecule has 1 atom stereocenters. The lowest BCUT2D eigenvalue weighted by atomic mass is 9.97. The summed E-state index contributed by atoms with van der Waals surface area (Å²) in [4.78, 5) is 33.5. The lowest BCUT2D eigenvalue weighted by Gasteiger charge is -2.28. The SMILES string of the molecule is CN(C(=O)c1ncsc1-c1ccccc1)C(CCC(=O)c1cccc2occc12)C1CC1. The summed E-state index contributed by atoms with van der Waals surface area (Å²) >= 11 is 1.48. The number of carbonyl (C=O) groups excluding carboxylic acids is 2. The second-order valence-electron chi connectivity index (χ2n) is 8.32. The highest BCUT2D eigenvalue weighted by Crippen LogP contribution is 2.38. The van der Waals surface area contributed by atoms with E-state index in [1.165, 1.54) is 11.3 Å². The Morgan fingerprint density at radius 2 is 1.94 bits per heavy atom. The fraction of sp³-hybridized carbons (Fsp3) is 0.269. The van der Waals surface area contributed by atoms with Crippen LogP contribution >= 0.6 is 11.3 Å². The van der Waals surface area contributed by atoms with Crippen molar-refractivity contribution in [3.63, 3.8) is 0 Å². The number of carbonyl (C=O) groups is 2. The molecule has 1 amide bonds. The van der Waals surface area contributed by atoms with Crippen molar-refractivity contribution in [1.82, 2.24) is 9.88 Å². The molecule has 5 nitrogen and oxygen atoms in total. The van der Waals surface area contributed by atoms with Crippen molar-refractivity contribution in [2.24, 2.45) is 5.92 Å². The molecular weight excluding hydrogens is 420 g/mol. The van der Waals surface area contributed by atoms with Gasteiger partial charge in [0.15, 0.2) is 5.78 Å². The molecule has 4 aromatic rings. The van der Waals surface area contributed by atoms with Crippen LogP contribution in [0, 0.1) is 5.92 Å². The first-order chi connectivity index (χ1) is 15.6. The zero-order valence-electron chi connectivity index (χ0n) is 17.9. The van der Waals surface area contributed by atoms with E-state index in [9.17, 15) is 9.59 Å². The van der Waals surface area contributed by atoms with E-state index in [4.69, 9.17) is 4.42 Å². The Morgan fingerprint density at radius 1 is 1.12 bits per heavy atom. The molecule has 162 valence electrons. The number of amides is 1. The van der Waals surface area contributed by atoms with Crippen LogP contribution in [0.4, 0.5) is 0 Å². The highest BCUT2D eigenvalue weighted by molar-refractivity contribution is 7.13. The van der Waals surface area contributed by atoms with Crippen LogP contribution in [0.25, 0.3) is 21.4 Å². The van der Waals surface area contributed by atoms with E-state index in [0.717, 1.165) is 34.3 Å². The number of aromatic nitrogens is 1. The minimum absolute atomic E-state index is 0.0281. The van der Waals surface area contributed by atoms with Gasteiger partial charge in [0.05, 0.1) is 16.7 Å². The van der Waals surface area contributed by atoms with Gasteiger partial charge in [0, 0.05) is 30.5 Å². The van der Waals surface area contributed by atoms with Crippen molar-refractivity contribution >= 4 is 34.0 Å². The van der Waals surface area contributed by atoms with Crippen LogP contribution in [-0.2, 0) is 0 Å². The largest absolute Gasteiger partial charge is 0.464 e. The Labute approximate surface area is 190 Å². The fourth-order valence-corrected chi connectivity index (χ4v) is 5.18. The maximum atomic E-state index is 13.4. The first-order valence-corrected chi connectivity index (χ1v) is 11.8. The minimum Gasteiger partial charge on any atom is -0.464 e. The number of furan rings is 1. The van der Waals surface area contributed by atoms with Crippen LogP contribution < -0.4 is 0 Å². The third kappa shape index (κ3) is 3.98. The van der Waals surface area contributed by atoms with Gasteiger partial charge in [-0.15, -0.1) is 11.3 Å². The topological polar surface area (TPSA) is 63.4 Å². The molecule has 1 fully saturated rings. The molecule has 0 saturated heterocycles. The molecule has 1 saturated carbocycles. The molecule has 0 aliphatic heterocycles. The summed E-state index contributed by atoms with van der Waals surface area (Å²) in [5, 5.41) is 0.847. The zero-order valence-corrected chi connectivity index (χ0v) is 18.7. The number of hydrogen-bond donors (Lipinski definition) is 0. The predicted molar refractivity (Wildman–Crippen MR) is 126 cm³/mol. The molecule has 0 bridgehead atoms. The maximum absolute atomic E-state index is 13.4. The number of rotatable bonds is 8. The molecule has 2 aromatic heterocycles. The Hall–Kier alpha value is -3.25. The molecule has 5 rings (SSSR count). The molecule has 0 radical (unpaired) electrons. The van der Waals surface area contributed by atoms with Gasteiger partial charge in [0.1, 0.15) is 11.3 Å². The van der Waals surface area contributed by atoms with Crippen LogP contribution in [0.15, 0.2) is 70.8 Å². The summed E-state index contributed by atoms with van der Waals surface area (Å²) in [5.74, 6) is 0.453. The van der Waals surface area contributed by atoms with Crippen molar-refractivity contribution in [3.8, 4) is 10.4 Å². The first kappa shape index (κ1) is 20.6. The maximum Gasteiger partial charge on any atom is 0.273 e. The highest BCUT2D eigenvalue weighted by Gasteiger charge is 2.37. The van der Waals surface area contributed by atoms with Crippen LogP contribution in [0.5, 0.6) is 0 Å². The summed E-state index contributed by atoms with van der Waals surface area (Å²) in [5.41, 5.74) is 4.62. The predicted octanol–water partition coefficient (Wildman–Crippen LogP) is 6.07. The van der Waals surface area contributed by atoms with E-state index in [1.54, 1.807) is 11.8 Å². The van der Waals surface area contributed by atoms with Gasteiger partial charge in [-0.25, -0.2) is 4.98 Å². The summed E-state index contributed by atoms with van der Waals surface area (Å²) in [6.07, 6.45) is 4.84. The van der Waals surface area contributed by atoms with Crippen molar-refractivity contribution in [2.45, 2.75) is 31.7 Å². The number of Topliss-reactive ketones (excluding diaryl/α,β-unsaturated/α-hetero) is 1. The standard InChI is InChI=1S/C26H24N2O3S/c1-28(26(30)24-25(32-16-27-24)18-6-3-2-4-7-18)21(17-10-11-17)12-13-22(29)19-8-5-9-23-20(19)14-15-31-23/h2-9,14-17,21H,10-13H2,1H3. The quantitative estimate of drug-likeness (QED) is 0.309. The molecule has 0 spiro atoms. The van der Waals surface area contributed by atoms with Gasteiger partial charge in [0.25, 0.3) is 5.91 Å². The number of hydrogen-bond acceptors (Lipinski definition) is 5. The second kappa shape index (κ2) is 8.71. The van der Waals surface area contributed by atoms with E-state index in [0.29, 0.717) is 30.0 Å². The van der Waals surface area contributed by atoms with E-state index in [1.807, 2.05) is 66.5 Å². The van der Waals surface area contributed by atoms with Gasteiger partial charge in [-0.1, -0.05) is 42.5 Å². The van der Waals surface area contributed by atoms with Crippen LogP contribution in [-0.4, -0.2) is 34.7 Å². The summed E-state index contributed by atoms with van der Waals surface area (Å²) in [6, 6.07) is 17.3. The van der Waals surface area contributed by atoms with Crippen molar-refractivity contribution in [1.29, 1.82) is 0 Å². The Balaban J connectivity index is 1.33. The molecule has 32 heavy (non-hydrogen) atoms. The lowest BCUT2D eigenvalue weighted by Crippen LogP contribution is -2.39. The molecule has 2 aromatic carbocycles. The molecular formula is C26H24N2O3S. The van der Waals surface area contributed by atoms with E-state index in [-0.39, 0.29) is 17.7 Å². The van der Waals surface area contributed by atoms with Gasteiger partial charge in [-0.3, -0.25) is 9.59 Å². The first-order valence-electron chi connectivity index (χ1n) is 10.9. The van der Waals surface area contributed by atoms with Gasteiger partial charge in [-0.05, 0) is 42.9 Å². The van der Waals surface area contributed by atoms with Gasteiger partial charge >= 0.3 is 0 Å². The average molecular weight is 445 g/mol. The Bertz CT molecular complexity index is 1260. The van der Waals surface area contributed by atoms with Crippen molar-refractivity contribution in [3.05, 3.63) is 77.6 Å². The summed E-state index contributed by atoms with van der Waals surface area (Å²) in [6.45, 7) is 0. The average Bonchev–Trinajstić information content (AvgIpc) is 3.34. The Morgan fingerprint density at radius 3 is 2.72 bits per heavy atom. The summed E-state index contributed by atoms with van der Waals surface area (Å²) < 4.78 is 5.43. The van der Waals surface area contributed by atoms with Crippen LogP contribution in [0.3, 0.4) is 0 Å². The summed E-state index contributed by atoms with van der Waals surface area (Å²) in [7, 11) is 1.85. The van der Waals surface area contributed by atoms with Crippen molar-refractivity contribution in [2.75, 3.05) is 7.05 Å². The van der Waals surface area contributed by atoms with E-state index < -0.39 is 0 Å². The smallest absolute Gasteiger partial charge is 0.273 e. The minimum atomic E-state index is -0.0774. The molecule has 6 heteroatoms. The molecule has 1 aliphatic carbocycles. The third-order valence-electron chi connectivity index (χ3n) is 6.25. The normalized spacial score (nSPS) is 14.4. The van der Waals surface area contributed by atoms with Crippen LogP contribution in [0.2, 0.25) is 0 Å². The number of fused-ring (bicyclic) bond motifs is 1. The highest BCUT2D eigenvalue weighted by atomic mass is 32.1. The van der Waals surface area contributed by atoms with Crippen LogP contribution in [0.1, 0.15) is 46.5 Å².